The molecule has 2 aliphatic heterocycles. The van der Waals surface area contributed by atoms with Gasteiger partial charge in [-0.15, -0.1) is 0 Å². The molecule has 0 aliphatic carbocycles. The number of fused-ring (bicyclic) bond motifs is 4. The van der Waals surface area contributed by atoms with Crippen molar-refractivity contribution in [2.75, 3.05) is 6.54 Å². The Morgan fingerprint density at radius 2 is 1.93 bits per heavy atom. The highest BCUT2D eigenvalue weighted by atomic mass is 16.6. The topological polar surface area (TPSA) is 98.6 Å². The van der Waals surface area contributed by atoms with Crippen molar-refractivity contribution in [3.8, 4) is 28.1 Å². The van der Waals surface area contributed by atoms with E-state index in [9.17, 15) is 9.59 Å². The molecule has 1 N–H and O–H groups in total. The molecule has 0 spiro atoms. The van der Waals surface area contributed by atoms with Gasteiger partial charge in [-0.05, 0) is 62.2 Å². The van der Waals surface area contributed by atoms with Crippen LogP contribution in [0.25, 0.3) is 22.4 Å². The number of nitrogens with one attached hydrogen (secondary N) is 1. The molecule has 0 bridgehead atoms. The lowest BCUT2D eigenvalue weighted by atomic mass is 9.97. The van der Waals surface area contributed by atoms with E-state index in [4.69, 9.17) is 9.47 Å². The third-order valence-electron chi connectivity index (χ3n) is 7.01. The van der Waals surface area contributed by atoms with Gasteiger partial charge in [0.1, 0.15) is 23.8 Å². The Hall–Kier alpha value is -4.66. The second-order valence-electron chi connectivity index (χ2n) is 11.0. The molecule has 204 valence electrons. The standard InChI is InChI=1S/C31H31N5O4/c1-31(2,3)40-30(38)35-11-12-36-26(17-33-28(36)18-35)21-6-4-5-20(13-21)15-34-29(37)22-7-8-25-24-9-10-32-16-23(24)19-39-27(25)14-22/h4-10,13-14,16-17H,11-12,15,18-19H2,1-3H3,(H,34,37). The number of ether oxygens (including phenoxy) is 2. The Bertz CT molecular complexity index is 1600. The zero-order valence-electron chi connectivity index (χ0n) is 22.8. The van der Waals surface area contributed by atoms with Gasteiger partial charge in [-0.25, -0.2) is 9.78 Å². The lowest BCUT2D eigenvalue weighted by Crippen LogP contribution is -2.41. The van der Waals surface area contributed by atoms with E-state index in [2.05, 4.69) is 25.9 Å². The van der Waals surface area contributed by atoms with Crippen molar-refractivity contribution < 1.29 is 19.1 Å². The predicted molar refractivity (Wildman–Crippen MR) is 149 cm³/mol. The van der Waals surface area contributed by atoms with Crippen LogP contribution in [0, 0.1) is 0 Å². The summed E-state index contributed by atoms with van der Waals surface area (Å²) < 4.78 is 13.6. The van der Waals surface area contributed by atoms with Crippen LogP contribution < -0.4 is 10.1 Å². The van der Waals surface area contributed by atoms with E-state index < -0.39 is 5.60 Å². The monoisotopic (exact) mass is 537 g/mol. The van der Waals surface area contributed by atoms with Gasteiger partial charge in [-0.2, -0.15) is 0 Å². The van der Waals surface area contributed by atoms with Crippen LogP contribution in [0.1, 0.15) is 48.1 Å². The minimum absolute atomic E-state index is 0.165. The number of hydrogen-bond donors (Lipinski definition) is 1. The average Bonchev–Trinajstić information content (AvgIpc) is 3.38. The fourth-order valence-electron chi connectivity index (χ4n) is 5.06. The van der Waals surface area contributed by atoms with Crippen LogP contribution in [0.4, 0.5) is 4.79 Å². The molecule has 2 aliphatic rings. The van der Waals surface area contributed by atoms with Gasteiger partial charge < -0.3 is 19.4 Å². The van der Waals surface area contributed by atoms with Gasteiger partial charge >= 0.3 is 6.09 Å². The van der Waals surface area contributed by atoms with E-state index >= 15 is 0 Å². The molecule has 0 atom stereocenters. The number of nitrogens with zero attached hydrogens (tertiary/aromatic N) is 4. The number of aromatic nitrogens is 3. The molecule has 0 radical (unpaired) electrons. The molecule has 0 fully saturated rings. The minimum Gasteiger partial charge on any atom is -0.488 e. The molecule has 40 heavy (non-hydrogen) atoms. The summed E-state index contributed by atoms with van der Waals surface area (Å²) in [6.07, 6.45) is 5.09. The molecule has 9 nitrogen and oxygen atoms in total. The van der Waals surface area contributed by atoms with Gasteiger partial charge in [0, 0.05) is 54.3 Å². The molecule has 2 aromatic carbocycles. The Kier molecular flexibility index (Phi) is 6.50. The summed E-state index contributed by atoms with van der Waals surface area (Å²) in [6, 6.07) is 15.6. The maximum Gasteiger partial charge on any atom is 0.410 e. The van der Waals surface area contributed by atoms with Crippen LogP contribution in [0.3, 0.4) is 0 Å². The van der Waals surface area contributed by atoms with Crippen molar-refractivity contribution in [2.24, 2.45) is 0 Å². The second kappa shape index (κ2) is 10.1. The van der Waals surface area contributed by atoms with E-state index in [1.54, 1.807) is 17.2 Å². The first kappa shape index (κ1) is 25.6. The highest BCUT2D eigenvalue weighted by Crippen LogP contribution is 2.37. The van der Waals surface area contributed by atoms with Crippen LogP contribution in [-0.2, 0) is 31.0 Å². The summed E-state index contributed by atoms with van der Waals surface area (Å²) in [5.74, 6) is 1.35. The number of carbonyl (C=O) groups is 2. The first-order valence-corrected chi connectivity index (χ1v) is 13.3. The molecule has 4 aromatic rings. The average molecular weight is 538 g/mol. The van der Waals surface area contributed by atoms with E-state index in [-0.39, 0.29) is 12.0 Å². The molecule has 0 unspecified atom stereocenters. The maximum atomic E-state index is 13.0. The summed E-state index contributed by atoms with van der Waals surface area (Å²) in [5.41, 5.74) is 6.05. The lowest BCUT2D eigenvalue weighted by Gasteiger charge is -2.31. The lowest BCUT2D eigenvalue weighted by molar-refractivity contribution is 0.0195. The molecular formula is C31H31N5O4. The zero-order chi connectivity index (χ0) is 27.9. The smallest absolute Gasteiger partial charge is 0.410 e. The number of carbonyl (C=O) groups excluding carboxylic acids is 2. The maximum absolute atomic E-state index is 13.0. The summed E-state index contributed by atoms with van der Waals surface area (Å²) in [5, 5.41) is 3.03. The normalized spacial score (nSPS) is 13.9. The Balaban J connectivity index is 1.12. The van der Waals surface area contributed by atoms with Gasteiger partial charge in [0.05, 0.1) is 18.4 Å². The molecule has 0 saturated carbocycles. The van der Waals surface area contributed by atoms with Crippen molar-refractivity contribution in [1.29, 1.82) is 0 Å². The van der Waals surface area contributed by atoms with Gasteiger partial charge in [-0.3, -0.25) is 14.7 Å². The molecular weight excluding hydrogens is 506 g/mol. The number of pyridine rings is 1. The van der Waals surface area contributed by atoms with E-state index in [1.807, 2.05) is 69.6 Å². The molecule has 0 saturated heterocycles. The summed E-state index contributed by atoms with van der Waals surface area (Å²) in [7, 11) is 0. The number of amides is 2. The molecule has 4 heterocycles. The van der Waals surface area contributed by atoms with E-state index in [0.717, 1.165) is 39.3 Å². The van der Waals surface area contributed by atoms with Crippen LogP contribution in [0.2, 0.25) is 0 Å². The van der Waals surface area contributed by atoms with Gasteiger partial charge in [0.15, 0.2) is 0 Å². The van der Waals surface area contributed by atoms with Gasteiger partial charge in [0.25, 0.3) is 5.91 Å². The van der Waals surface area contributed by atoms with Crippen LogP contribution in [0.15, 0.2) is 67.1 Å². The Morgan fingerprint density at radius 3 is 2.77 bits per heavy atom. The zero-order valence-corrected chi connectivity index (χ0v) is 22.8. The van der Waals surface area contributed by atoms with Crippen LogP contribution in [-0.4, -0.2) is 43.6 Å². The molecule has 2 aromatic heterocycles. The first-order chi connectivity index (χ1) is 19.2. The Morgan fingerprint density at radius 1 is 1.05 bits per heavy atom. The predicted octanol–water partition coefficient (Wildman–Crippen LogP) is 5.19. The third kappa shape index (κ3) is 5.14. The largest absolute Gasteiger partial charge is 0.488 e. The highest BCUT2D eigenvalue weighted by Gasteiger charge is 2.28. The van der Waals surface area contributed by atoms with Gasteiger partial charge in [-0.1, -0.05) is 18.2 Å². The number of imidazole rings is 1. The third-order valence-corrected chi connectivity index (χ3v) is 7.01. The van der Waals surface area contributed by atoms with Crippen molar-refractivity contribution in [2.45, 2.75) is 52.6 Å². The van der Waals surface area contributed by atoms with Crippen molar-refractivity contribution >= 4 is 12.0 Å². The van der Waals surface area contributed by atoms with Crippen molar-refractivity contribution in [3.05, 3.63) is 89.6 Å². The summed E-state index contributed by atoms with van der Waals surface area (Å²) in [6.45, 7) is 7.99. The second-order valence-corrected chi connectivity index (χ2v) is 11.0. The molecule has 9 heteroatoms. The van der Waals surface area contributed by atoms with E-state index in [0.29, 0.717) is 44.1 Å². The van der Waals surface area contributed by atoms with Crippen molar-refractivity contribution in [1.82, 2.24) is 24.8 Å². The van der Waals surface area contributed by atoms with Crippen LogP contribution in [0.5, 0.6) is 5.75 Å². The number of benzene rings is 2. The minimum atomic E-state index is -0.539. The molecule has 2 amide bonds. The fourth-order valence-corrected chi connectivity index (χ4v) is 5.06. The molecule has 6 rings (SSSR count). The number of rotatable bonds is 4. The summed E-state index contributed by atoms with van der Waals surface area (Å²) in [4.78, 5) is 35.9. The van der Waals surface area contributed by atoms with Crippen LogP contribution >= 0.6 is 0 Å². The summed E-state index contributed by atoms with van der Waals surface area (Å²) >= 11 is 0. The quantitative estimate of drug-likeness (QED) is 0.385. The van der Waals surface area contributed by atoms with E-state index in [1.165, 1.54) is 0 Å². The van der Waals surface area contributed by atoms with Gasteiger partial charge in [0.2, 0.25) is 0 Å². The number of hydrogen-bond acceptors (Lipinski definition) is 6. The van der Waals surface area contributed by atoms with Crippen molar-refractivity contribution in [3.63, 3.8) is 0 Å². The Labute approximate surface area is 232 Å². The fraction of sp³-hybridized carbons (Fsp3) is 0.290. The first-order valence-electron chi connectivity index (χ1n) is 13.3. The highest BCUT2D eigenvalue weighted by molar-refractivity contribution is 5.95. The SMILES string of the molecule is CC(C)(C)OC(=O)N1CCn2c(-c3cccc(CNC(=O)c4ccc5c(c4)OCc4cnccc4-5)c3)cnc2C1.